The van der Waals surface area contributed by atoms with E-state index in [0.29, 0.717) is 12.5 Å². The maximum Gasteiger partial charge on any atom is 0.336 e. The fraction of sp³-hybridized carbons (Fsp3) is 0.0714. The second-order valence-corrected chi connectivity index (χ2v) is 4.20. The quantitative estimate of drug-likeness (QED) is 0.490. The minimum Gasteiger partial charge on any atom is -0.478 e. The molecule has 0 radical (unpaired) electrons. The van der Waals surface area contributed by atoms with E-state index in [1.807, 2.05) is 0 Å². The van der Waals surface area contributed by atoms with Gasteiger partial charge in [-0.15, -0.1) is 6.58 Å². The zero-order valence-corrected chi connectivity index (χ0v) is 12.5. The number of nitrogen functional groups attached to an aromatic ring is 2. The topological polar surface area (TPSA) is 177 Å². The Morgan fingerprint density at radius 1 is 1.04 bits per heavy atom. The first-order chi connectivity index (χ1) is 11.3. The predicted molar refractivity (Wildman–Crippen MR) is 87.7 cm³/mol. The summed E-state index contributed by atoms with van der Waals surface area (Å²) < 4.78 is 0. The van der Waals surface area contributed by atoms with E-state index in [2.05, 4.69) is 26.8 Å². The van der Waals surface area contributed by atoms with E-state index in [1.54, 1.807) is 6.08 Å². The molecule has 0 saturated carbocycles. The van der Waals surface area contributed by atoms with Crippen LogP contribution in [0.4, 0.5) is 17.8 Å². The van der Waals surface area contributed by atoms with Gasteiger partial charge in [-0.25, -0.2) is 9.59 Å². The molecular formula is C14H16N6O4. The number of nitrogens with two attached hydrogens (primary N) is 2. The standard InChI is InChI=1S/C8H6O4.C6H10N6/c9-7(10)5-3-1-2-4-6(5)8(11)12;1-2-3-9-6-11-4(7)10-5(8)12-6/h1-4H,(H,9,10)(H,11,12);2H,1,3H2,(H5,7,8,9,10,11,12). The first-order valence-corrected chi connectivity index (χ1v) is 6.52. The number of hydrogen-bond donors (Lipinski definition) is 5. The normalized spacial score (nSPS) is 9.33. The van der Waals surface area contributed by atoms with E-state index in [1.165, 1.54) is 24.3 Å². The van der Waals surface area contributed by atoms with Gasteiger partial charge in [-0.05, 0) is 12.1 Å². The highest BCUT2D eigenvalue weighted by atomic mass is 16.4. The first-order valence-electron chi connectivity index (χ1n) is 6.52. The maximum absolute atomic E-state index is 10.5. The van der Waals surface area contributed by atoms with E-state index in [9.17, 15) is 9.59 Å². The molecule has 2 aromatic rings. The molecule has 1 aromatic heterocycles. The van der Waals surface area contributed by atoms with Crippen LogP contribution in [0.5, 0.6) is 0 Å². The van der Waals surface area contributed by atoms with E-state index in [0.717, 1.165) is 0 Å². The molecule has 0 aliphatic rings. The summed E-state index contributed by atoms with van der Waals surface area (Å²) in [6, 6.07) is 5.48. The second-order valence-electron chi connectivity index (χ2n) is 4.20. The molecule has 126 valence electrons. The number of nitrogens with one attached hydrogen (secondary N) is 1. The Bertz CT molecular complexity index is 697. The van der Waals surface area contributed by atoms with Crippen molar-refractivity contribution >= 4 is 29.8 Å². The average Bonchev–Trinajstić information content (AvgIpc) is 2.52. The molecule has 10 nitrogen and oxygen atoms in total. The molecule has 0 spiro atoms. The number of benzene rings is 1. The lowest BCUT2D eigenvalue weighted by Crippen LogP contribution is -2.08. The van der Waals surface area contributed by atoms with E-state index in [-0.39, 0.29) is 23.0 Å². The number of nitrogens with zero attached hydrogens (tertiary/aromatic N) is 3. The number of aromatic carboxylic acids is 2. The van der Waals surface area contributed by atoms with Crippen LogP contribution >= 0.6 is 0 Å². The Morgan fingerprint density at radius 2 is 1.50 bits per heavy atom. The molecule has 24 heavy (non-hydrogen) atoms. The number of carboxylic acid groups (broad SMARTS) is 2. The second kappa shape index (κ2) is 8.68. The van der Waals surface area contributed by atoms with Crippen LogP contribution in [-0.2, 0) is 0 Å². The molecule has 0 bridgehead atoms. The highest BCUT2D eigenvalue weighted by Crippen LogP contribution is 2.07. The summed E-state index contributed by atoms with van der Waals surface area (Å²) in [5, 5.41) is 19.9. The van der Waals surface area contributed by atoms with Crippen molar-refractivity contribution in [1.82, 2.24) is 15.0 Å². The number of anilines is 3. The molecular weight excluding hydrogens is 316 g/mol. The predicted octanol–water partition coefficient (Wildman–Crippen LogP) is 0.717. The molecule has 0 fully saturated rings. The van der Waals surface area contributed by atoms with Crippen molar-refractivity contribution in [2.75, 3.05) is 23.3 Å². The van der Waals surface area contributed by atoms with Crippen molar-refractivity contribution in [3.8, 4) is 0 Å². The highest BCUT2D eigenvalue weighted by Gasteiger charge is 2.13. The first kappa shape index (κ1) is 18.4. The van der Waals surface area contributed by atoms with Gasteiger partial charge in [0.25, 0.3) is 0 Å². The third-order valence-corrected chi connectivity index (χ3v) is 2.46. The SMILES string of the molecule is C=CCNc1nc(N)nc(N)n1.O=C(O)c1ccccc1C(=O)O. The zero-order valence-electron chi connectivity index (χ0n) is 12.5. The van der Waals surface area contributed by atoms with Gasteiger partial charge >= 0.3 is 11.9 Å². The van der Waals surface area contributed by atoms with Gasteiger partial charge in [0.05, 0.1) is 11.1 Å². The van der Waals surface area contributed by atoms with E-state index in [4.69, 9.17) is 21.7 Å². The van der Waals surface area contributed by atoms with Crippen LogP contribution in [0, 0.1) is 0 Å². The Kier molecular flexibility index (Phi) is 6.64. The van der Waals surface area contributed by atoms with Crippen LogP contribution in [0.15, 0.2) is 36.9 Å². The van der Waals surface area contributed by atoms with Crippen LogP contribution in [-0.4, -0.2) is 43.6 Å². The molecule has 0 aliphatic heterocycles. The molecule has 2 rings (SSSR count). The van der Waals surface area contributed by atoms with Gasteiger partial charge in [-0.3, -0.25) is 0 Å². The van der Waals surface area contributed by atoms with Crippen LogP contribution in [0.3, 0.4) is 0 Å². The van der Waals surface area contributed by atoms with Crippen molar-refractivity contribution in [3.05, 3.63) is 48.0 Å². The number of rotatable bonds is 5. The van der Waals surface area contributed by atoms with Gasteiger partial charge in [-0.2, -0.15) is 15.0 Å². The van der Waals surface area contributed by atoms with Crippen LogP contribution < -0.4 is 16.8 Å². The molecule has 0 saturated heterocycles. The smallest absolute Gasteiger partial charge is 0.336 e. The molecule has 1 heterocycles. The number of carboxylic acids is 2. The Hall–Kier alpha value is -3.69. The third-order valence-electron chi connectivity index (χ3n) is 2.46. The highest BCUT2D eigenvalue weighted by molar-refractivity contribution is 6.01. The molecule has 0 atom stereocenters. The summed E-state index contributed by atoms with van der Waals surface area (Å²) in [7, 11) is 0. The van der Waals surface area contributed by atoms with Gasteiger partial charge in [0, 0.05) is 6.54 Å². The number of hydrogen-bond acceptors (Lipinski definition) is 8. The van der Waals surface area contributed by atoms with Crippen molar-refractivity contribution in [1.29, 1.82) is 0 Å². The monoisotopic (exact) mass is 332 g/mol. The minimum atomic E-state index is -1.23. The lowest BCUT2D eigenvalue weighted by molar-refractivity contribution is 0.0651. The maximum atomic E-state index is 10.5. The number of carbonyl (C=O) groups is 2. The molecule has 0 aliphatic carbocycles. The Morgan fingerprint density at radius 3 is 1.88 bits per heavy atom. The van der Waals surface area contributed by atoms with E-state index < -0.39 is 11.9 Å². The molecule has 0 amide bonds. The number of aromatic nitrogens is 3. The average molecular weight is 332 g/mol. The Labute approximate surface area is 136 Å². The van der Waals surface area contributed by atoms with Crippen molar-refractivity contribution in [2.45, 2.75) is 0 Å². The van der Waals surface area contributed by atoms with Gasteiger partial charge < -0.3 is 27.0 Å². The summed E-state index contributed by atoms with van der Waals surface area (Å²) in [4.78, 5) is 32.1. The lowest BCUT2D eigenvalue weighted by atomic mass is 10.1. The minimum absolute atomic E-state index is 0.106. The van der Waals surface area contributed by atoms with Gasteiger partial charge in [0.2, 0.25) is 17.8 Å². The molecule has 0 unspecified atom stereocenters. The van der Waals surface area contributed by atoms with Crippen molar-refractivity contribution in [3.63, 3.8) is 0 Å². The molecule has 7 N–H and O–H groups in total. The van der Waals surface area contributed by atoms with Crippen LogP contribution in [0.1, 0.15) is 20.7 Å². The molecule has 10 heteroatoms. The fourth-order valence-corrected chi connectivity index (χ4v) is 1.51. The summed E-state index contributed by atoms with van der Waals surface area (Å²) in [5.74, 6) is -1.89. The summed E-state index contributed by atoms with van der Waals surface area (Å²) in [6.45, 7) is 4.08. The van der Waals surface area contributed by atoms with Crippen LogP contribution in [0.25, 0.3) is 0 Å². The van der Waals surface area contributed by atoms with E-state index >= 15 is 0 Å². The van der Waals surface area contributed by atoms with Crippen LogP contribution in [0.2, 0.25) is 0 Å². The van der Waals surface area contributed by atoms with Gasteiger partial charge in [0.15, 0.2) is 0 Å². The van der Waals surface area contributed by atoms with Gasteiger partial charge in [-0.1, -0.05) is 18.2 Å². The lowest BCUT2D eigenvalue weighted by Gasteiger charge is -2.01. The summed E-state index contributed by atoms with van der Waals surface area (Å²) in [5.41, 5.74) is 10.3. The fourth-order valence-electron chi connectivity index (χ4n) is 1.51. The van der Waals surface area contributed by atoms with Gasteiger partial charge in [0.1, 0.15) is 0 Å². The largest absolute Gasteiger partial charge is 0.478 e. The molecule has 1 aromatic carbocycles. The van der Waals surface area contributed by atoms with Crippen molar-refractivity contribution in [2.24, 2.45) is 0 Å². The Balaban J connectivity index is 0.000000240. The summed E-state index contributed by atoms with van der Waals surface area (Å²) in [6.07, 6.45) is 1.68. The summed E-state index contributed by atoms with van der Waals surface area (Å²) >= 11 is 0. The third kappa shape index (κ3) is 5.60. The zero-order chi connectivity index (χ0) is 18.1. The van der Waals surface area contributed by atoms with Crippen molar-refractivity contribution < 1.29 is 19.8 Å².